The van der Waals surface area contributed by atoms with Gasteiger partial charge < -0.3 is 19.9 Å². The Hall–Kier alpha value is -3.02. The van der Waals surface area contributed by atoms with Crippen LogP contribution in [0, 0.1) is 0 Å². The van der Waals surface area contributed by atoms with E-state index in [0.29, 0.717) is 23.5 Å². The first kappa shape index (κ1) is 23.3. The van der Waals surface area contributed by atoms with Crippen LogP contribution in [0.25, 0.3) is 0 Å². The number of methoxy groups -OCH3 is 1. The number of amides is 2. The van der Waals surface area contributed by atoms with Crippen molar-refractivity contribution in [2.45, 2.75) is 33.1 Å². The molecule has 0 unspecified atom stereocenters. The Morgan fingerprint density at radius 3 is 2.30 bits per heavy atom. The number of nitrogens with zero attached hydrogens (tertiary/aromatic N) is 2. The smallest absolute Gasteiger partial charge is 0.254 e. The highest BCUT2D eigenvalue weighted by atomic mass is 16.5. The van der Waals surface area contributed by atoms with E-state index in [1.54, 1.807) is 24.1 Å². The van der Waals surface area contributed by atoms with E-state index in [1.807, 2.05) is 43.3 Å². The zero-order chi connectivity index (χ0) is 21.9. The maximum atomic E-state index is 13.0. The van der Waals surface area contributed by atoms with Crippen LogP contribution >= 0.6 is 0 Å². The number of hydrogen-bond acceptors (Lipinski definition) is 4. The standard InChI is InChI=1S/C24H33N3O3/c1-5-7-17-26(3)20-14-12-19(13-15-20)24(29)27(16-6-2)18-23(28)25-21-10-8-9-11-22(21)30-4/h8-15H,5-7,16-18H2,1-4H3,(H,25,28). The van der Waals surface area contributed by atoms with E-state index in [4.69, 9.17) is 4.74 Å². The third-order valence-corrected chi connectivity index (χ3v) is 4.90. The fraction of sp³-hybridized carbons (Fsp3) is 0.417. The number of anilines is 2. The van der Waals surface area contributed by atoms with Crippen LogP contribution in [-0.2, 0) is 4.79 Å². The van der Waals surface area contributed by atoms with Crippen molar-refractivity contribution in [3.05, 3.63) is 54.1 Å². The lowest BCUT2D eigenvalue weighted by molar-refractivity contribution is -0.116. The van der Waals surface area contributed by atoms with E-state index < -0.39 is 0 Å². The first-order valence-corrected chi connectivity index (χ1v) is 10.5. The second-order valence-corrected chi connectivity index (χ2v) is 7.30. The molecule has 0 spiro atoms. The van der Waals surface area contributed by atoms with E-state index in [0.717, 1.165) is 31.5 Å². The summed E-state index contributed by atoms with van der Waals surface area (Å²) in [6.07, 6.45) is 3.04. The summed E-state index contributed by atoms with van der Waals surface area (Å²) in [7, 11) is 3.61. The van der Waals surface area contributed by atoms with Crippen LogP contribution in [0.15, 0.2) is 48.5 Å². The van der Waals surface area contributed by atoms with Crippen molar-refractivity contribution in [1.29, 1.82) is 0 Å². The predicted molar refractivity (Wildman–Crippen MR) is 122 cm³/mol. The van der Waals surface area contributed by atoms with Crippen LogP contribution in [0.1, 0.15) is 43.5 Å². The Balaban J connectivity index is 2.05. The molecule has 2 rings (SSSR count). The van der Waals surface area contributed by atoms with Crippen molar-refractivity contribution < 1.29 is 14.3 Å². The molecule has 2 amide bonds. The number of para-hydroxylation sites is 2. The van der Waals surface area contributed by atoms with Gasteiger partial charge in [-0.05, 0) is 49.2 Å². The molecule has 0 fully saturated rings. The first-order chi connectivity index (χ1) is 14.5. The summed E-state index contributed by atoms with van der Waals surface area (Å²) in [5.41, 5.74) is 2.26. The molecule has 0 radical (unpaired) electrons. The van der Waals surface area contributed by atoms with Gasteiger partial charge in [-0.3, -0.25) is 9.59 Å². The van der Waals surface area contributed by atoms with Crippen LogP contribution < -0.4 is 15.0 Å². The number of ether oxygens (including phenoxy) is 1. The maximum Gasteiger partial charge on any atom is 0.254 e. The Labute approximate surface area is 179 Å². The molecule has 2 aromatic carbocycles. The van der Waals surface area contributed by atoms with E-state index in [1.165, 1.54) is 0 Å². The summed E-state index contributed by atoms with van der Waals surface area (Å²) in [4.78, 5) is 29.4. The first-order valence-electron chi connectivity index (χ1n) is 10.5. The van der Waals surface area contributed by atoms with Crippen molar-refractivity contribution in [2.75, 3.05) is 44.0 Å². The normalized spacial score (nSPS) is 10.4. The Kier molecular flexibility index (Phi) is 9.19. The van der Waals surface area contributed by atoms with Crippen molar-refractivity contribution in [2.24, 2.45) is 0 Å². The summed E-state index contributed by atoms with van der Waals surface area (Å²) in [5, 5.41) is 2.84. The third kappa shape index (κ3) is 6.51. The van der Waals surface area contributed by atoms with Gasteiger partial charge in [-0.15, -0.1) is 0 Å². The number of benzene rings is 2. The molecule has 162 valence electrons. The van der Waals surface area contributed by atoms with Gasteiger partial charge in [-0.1, -0.05) is 32.4 Å². The number of rotatable bonds is 11. The van der Waals surface area contributed by atoms with E-state index in [9.17, 15) is 9.59 Å². The van der Waals surface area contributed by atoms with E-state index in [2.05, 4.69) is 24.2 Å². The molecule has 0 aliphatic heterocycles. The van der Waals surface area contributed by atoms with Crippen LogP contribution in [0.5, 0.6) is 5.75 Å². The quantitative estimate of drug-likeness (QED) is 0.594. The zero-order valence-corrected chi connectivity index (χ0v) is 18.5. The lowest BCUT2D eigenvalue weighted by Gasteiger charge is -2.23. The predicted octanol–water partition coefficient (Wildman–Crippen LogP) is 4.42. The maximum absolute atomic E-state index is 13.0. The second-order valence-electron chi connectivity index (χ2n) is 7.30. The minimum Gasteiger partial charge on any atom is -0.495 e. The SMILES string of the molecule is CCCCN(C)c1ccc(C(=O)N(CCC)CC(=O)Nc2ccccc2OC)cc1. The average Bonchev–Trinajstić information content (AvgIpc) is 2.77. The van der Waals surface area contributed by atoms with E-state index in [-0.39, 0.29) is 18.4 Å². The number of carbonyl (C=O) groups excluding carboxylic acids is 2. The van der Waals surface area contributed by atoms with Crippen molar-refractivity contribution in [3.8, 4) is 5.75 Å². The largest absolute Gasteiger partial charge is 0.495 e. The minimum absolute atomic E-state index is 0.0110. The van der Waals surface area contributed by atoms with Gasteiger partial charge >= 0.3 is 0 Å². The van der Waals surface area contributed by atoms with Gasteiger partial charge in [0, 0.05) is 31.4 Å². The van der Waals surface area contributed by atoms with E-state index >= 15 is 0 Å². The third-order valence-electron chi connectivity index (χ3n) is 4.90. The summed E-state index contributed by atoms with van der Waals surface area (Å²) in [5.74, 6) is 0.189. The Morgan fingerprint density at radius 1 is 0.967 bits per heavy atom. The van der Waals surface area contributed by atoms with Gasteiger partial charge in [-0.25, -0.2) is 0 Å². The van der Waals surface area contributed by atoms with Crippen LogP contribution in [0.3, 0.4) is 0 Å². The molecule has 0 aromatic heterocycles. The summed E-state index contributed by atoms with van der Waals surface area (Å²) < 4.78 is 5.27. The van der Waals surface area contributed by atoms with Crippen LogP contribution in [0.4, 0.5) is 11.4 Å². The van der Waals surface area contributed by atoms with Gasteiger partial charge in [0.2, 0.25) is 5.91 Å². The monoisotopic (exact) mass is 411 g/mol. The number of carbonyl (C=O) groups is 2. The van der Waals surface area contributed by atoms with Gasteiger partial charge in [0.15, 0.2) is 0 Å². The lowest BCUT2D eigenvalue weighted by Crippen LogP contribution is -2.38. The molecule has 0 saturated carbocycles. The number of hydrogen-bond donors (Lipinski definition) is 1. The van der Waals surface area contributed by atoms with Crippen molar-refractivity contribution in [3.63, 3.8) is 0 Å². The highest BCUT2D eigenvalue weighted by Gasteiger charge is 2.19. The molecule has 0 heterocycles. The molecular weight excluding hydrogens is 378 g/mol. The molecule has 6 heteroatoms. The summed E-state index contributed by atoms with van der Waals surface area (Å²) in [6, 6.07) is 14.8. The van der Waals surface area contributed by atoms with Crippen LogP contribution in [-0.4, -0.2) is 50.5 Å². The zero-order valence-electron chi connectivity index (χ0n) is 18.5. The molecule has 2 aromatic rings. The number of nitrogens with one attached hydrogen (secondary N) is 1. The molecular formula is C24H33N3O3. The van der Waals surface area contributed by atoms with Gasteiger partial charge in [0.25, 0.3) is 5.91 Å². The fourth-order valence-electron chi connectivity index (χ4n) is 3.20. The van der Waals surface area contributed by atoms with Gasteiger partial charge in [-0.2, -0.15) is 0 Å². The van der Waals surface area contributed by atoms with Gasteiger partial charge in [0.05, 0.1) is 12.8 Å². The topological polar surface area (TPSA) is 61.9 Å². The molecule has 1 N–H and O–H groups in total. The highest BCUT2D eigenvalue weighted by molar-refractivity contribution is 6.00. The molecule has 0 atom stereocenters. The van der Waals surface area contributed by atoms with Crippen molar-refractivity contribution >= 4 is 23.2 Å². The van der Waals surface area contributed by atoms with Crippen molar-refractivity contribution in [1.82, 2.24) is 4.90 Å². The van der Waals surface area contributed by atoms with Gasteiger partial charge in [0.1, 0.15) is 12.3 Å². The summed E-state index contributed by atoms with van der Waals surface area (Å²) >= 11 is 0. The Bertz CT molecular complexity index is 821. The second kappa shape index (κ2) is 11.9. The number of unbranched alkanes of at least 4 members (excludes halogenated alkanes) is 1. The van der Waals surface area contributed by atoms with Crippen LogP contribution in [0.2, 0.25) is 0 Å². The lowest BCUT2D eigenvalue weighted by atomic mass is 10.1. The Morgan fingerprint density at radius 2 is 1.67 bits per heavy atom. The molecule has 0 aliphatic rings. The summed E-state index contributed by atoms with van der Waals surface area (Å²) in [6.45, 7) is 5.64. The molecule has 0 aliphatic carbocycles. The molecule has 6 nitrogen and oxygen atoms in total. The minimum atomic E-state index is -0.253. The fourth-order valence-corrected chi connectivity index (χ4v) is 3.20. The molecule has 0 saturated heterocycles. The molecule has 0 bridgehead atoms. The molecule has 30 heavy (non-hydrogen) atoms. The average molecular weight is 412 g/mol. The highest BCUT2D eigenvalue weighted by Crippen LogP contribution is 2.23.